The number of imide groups is 1. The summed E-state index contributed by atoms with van der Waals surface area (Å²) in [7, 11) is 0. The Kier molecular flexibility index (Phi) is 4.10. The first-order valence-electron chi connectivity index (χ1n) is 2.51. The normalized spacial score (nSPS) is 7.45. The number of carbonyl (C=O) groups is 2. The summed E-state index contributed by atoms with van der Waals surface area (Å²) in [4.78, 5) is 20.8. The zero-order chi connectivity index (χ0) is 8.69. The Bertz CT molecular complexity index is 220. The Labute approximate surface area is 63.2 Å². The lowest BCUT2D eigenvalue weighted by molar-refractivity contribution is -0.126. The van der Waals surface area contributed by atoms with Crippen molar-refractivity contribution >= 4 is 11.8 Å². The standard InChI is InChI=1S/C6H3N3O2/c7-3-1-5(10)9-6(11)2-4-8/h1-2H,(H,9,10,11). The van der Waals surface area contributed by atoms with Crippen molar-refractivity contribution in [1.82, 2.24) is 5.32 Å². The van der Waals surface area contributed by atoms with Crippen LogP contribution in [0.4, 0.5) is 0 Å². The van der Waals surface area contributed by atoms with E-state index in [0.717, 1.165) is 0 Å². The van der Waals surface area contributed by atoms with Crippen molar-refractivity contribution in [2.75, 3.05) is 0 Å². The van der Waals surface area contributed by atoms with Crippen LogP contribution < -0.4 is 5.32 Å². The highest BCUT2D eigenvalue weighted by molar-refractivity contribution is 6.04. The molecule has 1 N–H and O–H groups in total. The number of nitrogens with one attached hydrogen (secondary N) is 1. The third kappa shape index (κ3) is 4.61. The van der Waals surface area contributed by atoms with Gasteiger partial charge in [-0.2, -0.15) is 10.5 Å². The molecule has 0 aliphatic rings. The average Bonchev–Trinajstić information content (AvgIpc) is 1.87. The molecule has 2 amide bonds. The van der Waals surface area contributed by atoms with E-state index in [-0.39, 0.29) is 0 Å². The van der Waals surface area contributed by atoms with Crippen LogP contribution in [0, 0.1) is 35.5 Å². The van der Waals surface area contributed by atoms with Gasteiger partial charge in [-0.05, 0) is 0 Å². The molecule has 54 valence electrons. The predicted octanol–water partition coefficient (Wildman–Crippen LogP) is -0.915. The van der Waals surface area contributed by atoms with Gasteiger partial charge in [-0.3, -0.25) is 14.9 Å². The lowest BCUT2D eigenvalue weighted by Crippen LogP contribution is -2.29. The molecular formula is C6H3N3O2. The maximum atomic E-state index is 10.4. The summed E-state index contributed by atoms with van der Waals surface area (Å²) in [5, 5.41) is 17.6. The highest BCUT2D eigenvalue weighted by Crippen LogP contribution is 1.76. The largest absolute Gasteiger partial charge is 0.294 e. The lowest BCUT2D eigenvalue weighted by Gasteiger charge is -1.93. The van der Waals surface area contributed by atoms with Gasteiger partial charge in [-0.25, -0.2) is 0 Å². The van der Waals surface area contributed by atoms with Gasteiger partial charge in [0.2, 0.25) is 11.8 Å². The van der Waals surface area contributed by atoms with E-state index in [9.17, 15) is 9.59 Å². The molecule has 11 heavy (non-hydrogen) atoms. The monoisotopic (exact) mass is 149 g/mol. The van der Waals surface area contributed by atoms with E-state index in [2.05, 4.69) is 0 Å². The second kappa shape index (κ2) is 4.95. The van der Waals surface area contributed by atoms with Crippen LogP contribution in [0.15, 0.2) is 0 Å². The zero-order valence-electron chi connectivity index (χ0n) is 5.37. The molecule has 0 aliphatic heterocycles. The molecule has 0 rings (SSSR count). The summed E-state index contributed by atoms with van der Waals surface area (Å²) in [6.45, 7) is 0. The van der Waals surface area contributed by atoms with E-state index in [1.165, 1.54) is 12.1 Å². The second-order valence-corrected chi connectivity index (χ2v) is 1.40. The molecule has 0 saturated carbocycles. The molecule has 5 nitrogen and oxygen atoms in total. The molecule has 0 heterocycles. The van der Waals surface area contributed by atoms with Crippen LogP contribution in [0.3, 0.4) is 0 Å². The minimum absolute atomic E-state index is 0.628. The average molecular weight is 149 g/mol. The quantitative estimate of drug-likeness (QED) is 0.549. The van der Waals surface area contributed by atoms with E-state index in [1.807, 2.05) is 0 Å². The second-order valence-electron chi connectivity index (χ2n) is 1.40. The molecule has 0 aromatic heterocycles. The van der Waals surface area contributed by atoms with Crippen LogP contribution in [0.1, 0.15) is 0 Å². The summed E-state index contributed by atoms with van der Waals surface area (Å²) in [5.41, 5.74) is 0. The molecule has 0 spiro atoms. The summed E-state index contributed by atoms with van der Waals surface area (Å²) in [6, 6.07) is 2.86. The molecule has 0 fully saturated rings. The fourth-order valence-corrected chi connectivity index (χ4v) is 0.311. The topological polar surface area (TPSA) is 93.8 Å². The smallest absolute Gasteiger partial charge is 0.245 e. The highest BCUT2D eigenvalue weighted by atomic mass is 16.2. The van der Waals surface area contributed by atoms with Crippen LogP contribution >= 0.6 is 0 Å². The van der Waals surface area contributed by atoms with E-state index in [4.69, 9.17) is 10.5 Å². The van der Waals surface area contributed by atoms with Gasteiger partial charge in [0.25, 0.3) is 0 Å². The first-order valence-corrected chi connectivity index (χ1v) is 2.51. The molecule has 0 saturated heterocycles. The van der Waals surface area contributed by atoms with Crippen LogP contribution in [-0.4, -0.2) is 11.8 Å². The third-order valence-corrected chi connectivity index (χ3v) is 0.638. The number of nitrogens with zero attached hydrogens (tertiary/aromatic N) is 2. The van der Waals surface area contributed by atoms with Gasteiger partial charge < -0.3 is 0 Å². The van der Waals surface area contributed by atoms with Crippen LogP contribution in [0.5, 0.6) is 0 Å². The number of nitriles is 2. The zero-order valence-corrected chi connectivity index (χ0v) is 5.37. The first kappa shape index (κ1) is 9.12. The number of hydrogen-bond donors (Lipinski definition) is 1. The van der Waals surface area contributed by atoms with E-state index < -0.39 is 11.8 Å². The maximum Gasteiger partial charge on any atom is 0.245 e. The molecule has 5 heteroatoms. The molecule has 0 aromatic rings. The molecule has 0 aromatic carbocycles. The minimum atomic E-state index is -0.830. The van der Waals surface area contributed by atoms with Crippen molar-refractivity contribution in [3.05, 3.63) is 12.8 Å². The first-order chi connectivity index (χ1) is 5.20. The van der Waals surface area contributed by atoms with Crippen molar-refractivity contribution in [2.24, 2.45) is 0 Å². The number of hydrogen-bond acceptors (Lipinski definition) is 4. The van der Waals surface area contributed by atoms with E-state index in [0.29, 0.717) is 12.8 Å². The van der Waals surface area contributed by atoms with Gasteiger partial charge in [-0.15, -0.1) is 0 Å². The molecule has 0 atom stereocenters. The summed E-state index contributed by atoms with van der Waals surface area (Å²) in [5.74, 6) is -1.66. The molecule has 0 unspecified atom stereocenters. The van der Waals surface area contributed by atoms with Crippen molar-refractivity contribution in [1.29, 1.82) is 10.5 Å². The summed E-state index contributed by atoms with van der Waals surface area (Å²) in [6.07, 6.45) is 1.26. The fourth-order valence-electron chi connectivity index (χ4n) is 0.311. The minimum Gasteiger partial charge on any atom is -0.294 e. The third-order valence-electron chi connectivity index (χ3n) is 0.638. The van der Waals surface area contributed by atoms with E-state index in [1.54, 1.807) is 5.32 Å². The number of amides is 2. The molecule has 0 bridgehead atoms. The Morgan fingerprint density at radius 1 is 1.09 bits per heavy atom. The van der Waals surface area contributed by atoms with Crippen LogP contribution in [-0.2, 0) is 9.59 Å². The van der Waals surface area contributed by atoms with Crippen molar-refractivity contribution in [3.63, 3.8) is 0 Å². The molecule has 2 radical (unpaired) electrons. The maximum absolute atomic E-state index is 10.4. The van der Waals surface area contributed by atoms with Gasteiger partial charge in [0, 0.05) is 0 Å². The summed E-state index contributed by atoms with van der Waals surface area (Å²) >= 11 is 0. The van der Waals surface area contributed by atoms with Crippen molar-refractivity contribution in [2.45, 2.75) is 0 Å². The summed E-state index contributed by atoms with van der Waals surface area (Å²) < 4.78 is 0. The Morgan fingerprint density at radius 2 is 1.45 bits per heavy atom. The van der Waals surface area contributed by atoms with Crippen molar-refractivity contribution in [3.8, 4) is 12.1 Å². The Morgan fingerprint density at radius 3 is 1.73 bits per heavy atom. The van der Waals surface area contributed by atoms with Crippen LogP contribution in [0.2, 0.25) is 0 Å². The van der Waals surface area contributed by atoms with Crippen molar-refractivity contribution < 1.29 is 9.59 Å². The number of rotatable bonds is 2. The lowest BCUT2D eigenvalue weighted by atomic mass is 10.4. The predicted molar refractivity (Wildman–Crippen MR) is 33.0 cm³/mol. The SMILES string of the molecule is N#C[CH]C(=O)NC(=O)[CH]C#N. The molecule has 0 aliphatic carbocycles. The van der Waals surface area contributed by atoms with E-state index >= 15 is 0 Å². The number of carbonyl (C=O) groups excluding carboxylic acids is 2. The van der Waals surface area contributed by atoms with Gasteiger partial charge in [0.05, 0.1) is 12.1 Å². The van der Waals surface area contributed by atoms with Crippen LogP contribution in [0.25, 0.3) is 0 Å². The fraction of sp³-hybridized carbons (Fsp3) is 0. The Hall–Kier alpha value is -1.88. The molecular weight excluding hydrogens is 146 g/mol. The van der Waals surface area contributed by atoms with Gasteiger partial charge >= 0.3 is 0 Å². The van der Waals surface area contributed by atoms with Gasteiger partial charge in [0.1, 0.15) is 12.8 Å². The highest BCUT2D eigenvalue weighted by Gasteiger charge is 2.06. The van der Waals surface area contributed by atoms with Gasteiger partial charge in [0.15, 0.2) is 0 Å². The van der Waals surface area contributed by atoms with Gasteiger partial charge in [-0.1, -0.05) is 0 Å². The Balaban J connectivity index is 3.71.